The van der Waals surface area contributed by atoms with Crippen LogP contribution in [0, 0.1) is 6.92 Å². The summed E-state index contributed by atoms with van der Waals surface area (Å²) in [7, 11) is 0. The molecule has 0 aliphatic heterocycles. The summed E-state index contributed by atoms with van der Waals surface area (Å²) < 4.78 is 45.5. The number of aliphatic hydroxyl groups is 1. The number of hydrogen-bond donors (Lipinski definition) is 1. The summed E-state index contributed by atoms with van der Waals surface area (Å²) >= 11 is 0. The Morgan fingerprint density at radius 2 is 2.11 bits per heavy atom. The molecule has 0 aliphatic rings. The molecule has 0 radical (unpaired) electrons. The summed E-state index contributed by atoms with van der Waals surface area (Å²) in [6.45, 7) is 0.00381. The predicted molar refractivity (Wildman–Crippen MR) is 62.8 cm³/mol. The van der Waals surface area contributed by atoms with E-state index in [2.05, 4.69) is 4.74 Å². The van der Waals surface area contributed by atoms with Gasteiger partial charge in [-0.25, -0.2) is 0 Å². The number of hydrogen-bond acceptors (Lipinski definition) is 3. The lowest BCUT2D eigenvalue weighted by molar-refractivity contribution is -0.179. The van der Waals surface area contributed by atoms with E-state index < -0.39 is 25.5 Å². The number of rotatable bonds is 4. The normalized spacial score (nSPS) is 13.9. The van der Waals surface area contributed by atoms with Crippen molar-refractivity contribution in [2.24, 2.45) is 0 Å². The first kappa shape index (κ1) is 13.9. The van der Waals surface area contributed by atoms with Crippen molar-refractivity contribution >= 4 is 11.0 Å². The van der Waals surface area contributed by atoms with Crippen molar-refractivity contribution in [3.8, 4) is 0 Å². The zero-order chi connectivity index (χ0) is 14.0. The average molecular weight is 274 g/mol. The van der Waals surface area contributed by atoms with Crippen LogP contribution in [0.3, 0.4) is 0 Å². The standard InChI is InChI=1S/C13H13F3O3/c1-8-3-2-4-9-5-11(19-12(8)9)10(17)6-18-7-13(14,15)16/h2-5,10,17H,6-7H2,1H3. The fourth-order valence-corrected chi connectivity index (χ4v) is 1.76. The fourth-order valence-electron chi connectivity index (χ4n) is 1.76. The first-order valence-electron chi connectivity index (χ1n) is 5.68. The van der Waals surface area contributed by atoms with Gasteiger partial charge in [0.1, 0.15) is 24.1 Å². The van der Waals surface area contributed by atoms with Crippen molar-refractivity contribution in [3.63, 3.8) is 0 Å². The molecular weight excluding hydrogens is 261 g/mol. The lowest BCUT2D eigenvalue weighted by Crippen LogP contribution is -2.19. The summed E-state index contributed by atoms with van der Waals surface area (Å²) in [5.41, 5.74) is 1.51. The fraction of sp³-hybridized carbons (Fsp3) is 0.385. The predicted octanol–water partition coefficient (Wildman–Crippen LogP) is 3.35. The Morgan fingerprint density at radius 1 is 1.37 bits per heavy atom. The number of alkyl halides is 3. The molecule has 0 spiro atoms. The Morgan fingerprint density at radius 3 is 2.74 bits per heavy atom. The van der Waals surface area contributed by atoms with Gasteiger partial charge in [-0.05, 0) is 18.6 Å². The monoisotopic (exact) mass is 274 g/mol. The van der Waals surface area contributed by atoms with Crippen LogP contribution in [0.2, 0.25) is 0 Å². The lowest BCUT2D eigenvalue weighted by atomic mass is 10.2. The van der Waals surface area contributed by atoms with E-state index in [-0.39, 0.29) is 5.76 Å². The molecule has 1 aromatic heterocycles. The summed E-state index contributed by atoms with van der Waals surface area (Å²) in [6, 6.07) is 7.09. The SMILES string of the molecule is Cc1cccc2cc(C(O)COCC(F)(F)F)oc12. The van der Waals surface area contributed by atoms with Crippen molar-refractivity contribution < 1.29 is 27.4 Å². The number of aryl methyl sites for hydroxylation is 1. The molecule has 1 atom stereocenters. The van der Waals surface area contributed by atoms with Crippen molar-refractivity contribution in [1.29, 1.82) is 0 Å². The van der Waals surface area contributed by atoms with Crippen LogP contribution < -0.4 is 0 Å². The highest BCUT2D eigenvalue weighted by molar-refractivity contribution is 5.80. The molecule has 1 heterocycles. The molecule has 2 rings (SSSR count). The van der Waals surface area contributed by atoms with Crippen LogP contribution in [0.15, 0.2) is 28.7 Å². The molecule has 0 saturated carbocycles. The lowest BCUT2D eigenvalue weighted by Gasteiger charge is -2.10. The number of aliphatic hydroxyl groups excluding tert-OH is 1. The molecule has 3 nitrogen and oxygen atoms in total. The molecule has 1 N–H and O–H groups in total. The number of furan rings is 1. The van der Waals surface area contributed by atoms with Crippen LogP contribution in [-0.2, 0) is 4.74 Å². The molecule has 19 heavy (non-hydrogen) atoms. The Hall–Kier alpha value is -1.53. The maximum Gasteiger partial charge on any atom is 0.411 e. The van der Waals surface area contributed by atoms with Crippen molar-refractivity contribution in [2.75, 3.05) is 13.2 Å². The molecule has 6 heteroatoms. The zero-order valence-electron chi connectivity index (χ0n) is 10.2. The third-order valence-electron chi connectivity index (χ3n) is 2.63. The number of halogens is 3. The van der Waals surface area contributed by atoms with E-state index in [1.807, 2.05) is 19.1 Å². The Balaban J connectivity index is 2.05. The van der Waals surface area contributed by atoms with Gasteiger partial charge in [0, 0.05) is 5.39 Å². The van der Waals surface area contributed by atoms with E-state index in [1.54, 1.807) is 12.1 Å². The van der Waals surface area contributed by atoms with Crippen LogP contribution in [0.5, 0.6) is 0 Å². The number of benzene rings is 1. The molecule has 0 bridgehead atoms. The largest absolute Gasteiger partial charge is 0.458 e. The Bertz CT molecular complexity index is 560. The van der Waals surface area contributed by atoms with Gasteiger partial charge in [-0.1, -0.05) is 18.2 Å². The smallest absolute Gasteiger partial charge is 0.411 e. The van der Waals surface area contributed by atoms with E-state index in [0.717, 1.165) is 10.9 Å². The maximum atomic E-state index is 11.9. The van der Waals surface area contributed by atoms with Gasteiger partial charge in [0.25, 0.3) is 0 Å². The summed E-state index contributed by atoms with van der Waals surface area (Å²) in [4.78, 5) is 0. The van der Waals surface area contributed by atoms with Crippen molar-refractivity contribution in [2.45, 2.75) is 19.2 Å². The molecule has 0 amide bonds. The third kappa shape index (κ3) is 3.48. The summed E-state index contributed by atoms with van der Waals surface area (Å²) in [5, 5.41) is 10.5. The molecule has 1 unspecified atom stereocenters. The summed E-state index contributed by atoms with van der Waals surface area (Å²) in [6.07, 6.45) is -5.61. The van der Waals surface area contributed by atoms with E-state index in [9.17, 15) is 18.3 Å². The van der Waals surface area contributed by atoms with E-state index in [0.29, 0.717) is 5.58 Å². The van der Waals surface area contributed by atoms with Crippen LogP contribution in [-0.4, -0.2) is 24.5 Å². The highest BCUT2D eigenvalue weighted by Gasteiger charge is 2.28. The van der Waals surface area contributed by atoms with Gasteiger partial charge in [0.2, 0.25) is 0 Å². The van der Waals surface area contributed by atoms with E-state index >= 15 is 0 Å². The maximum absolute atomic E-state index is 11.9. The minimum absolute atomic E-state index is 0.200. The second-order valence-electron chi connectivity index (χ2n) is 4.29. The van der Waals surface area contributed by atoms with Crippen molar-refractivity contribution in [3.05, 3.63) is 35.6 Å². The van der Waals surface area contributed by atoms with Gasteiger partial charge < -0.3 is 14.3 Å². The molecule has 0 saturated heterocycles. The number of fused-ring (bicyclic) bond motifs is 1. The highest BCUT2D eigenvalue weighted by atomic mass is 19.4. The molecular formula is C13H13F3O3. The van der Waals surface area contributed by atoms with E-state index in [4.69, 9.17) is 4.42 Å². The first-order chi connectivity index (χ1) is 8.87. The van der Waals surface area contributed by atoms with Crippen molar-refractivity contribution in [1.82, 2.24) is 0 Å². The Kier molecular flexibility index (Phi) is 3.82. The molecule has 1 aromatic carbocycles. The van der Waals surface area contributed by atoms with Gasteiger partial charge in [0.15, 0.2) is 0 Å². The van der Waals surface area contributed by atoms with Crippen LogP contribution in [0.1, 0.15) is 17.4 Å². The van der Waals surface area contributed by atoms with Gasteiger partial charge in [-0.15, -0.1) is 0 Å². The Labute approximate surface area is 107 Å². The van der Waals surface area contributed by atoms with E-state index in [1.165, 1.54) is 0 Å². The van der Waals surface area contributed by atoms with Crippen LogP contribution in [0.25, 0.3) is 11.0 Å². The number of ether oxygens (including phenoxy) is 1. The minimum atomic E-state index is -4.40. The second kappa shape index (κ2) is 5.22. The topological polar surface area (TPSA) is 42.6 Å². The van der Waals surface area contributed by atoms with Gasteiger partial charge in [-0.2, -0.15) is 13.2 Å². The van der Waals surface area contributed by atoms with Gasteiger partial charge in [-0.3, -0.25) is 0 Å². The first-order valence-corrected chi connectivity index (χ1v) is 5.68. The quantitative estimate of drug-likeness (QED) is 0.929. The van der Waals surface area contributed by atoms with Crippen LogP contribution >= 0.6 is 0 Å². The minimum Gasteiger partial charge on any atom is -0.458 e. The van der Waals surface area contributed by atoms with Crippen LogP contribution in [0.4, 0.5) is 13.2 Å². The average Bonchev–Trinajstić information content (AvgIpc) is 2.72. The molecule has 0 fully saturated rings. The second-order valence-corrected chi connectivity index (χ2v) is 4.29. The number of para-hydroxylation sites is 1. The zero-order valence-corrected chi connectivity index (χ0v) is 10.2. The third-order valence-corrected chi connectivity index (χ3v) is 2.63. The highest BCUT2D eigenvalue weighted by Crippen LogP contribution is 2.26. The molecule has 2 aromatic rings. The molecule has 0 aliphatic carbocycles. The molecule has 104 valence electrons. The van der Waals surface area contributed by atoms with Gasteiger partial charge >= 0.3 is 6.18 Å². The summed E-state index contributed by atoms with van der Waals surface area (Å²) in [5.74, 6) is 0.200. The van der Waals surface area contributed by atoms with Gasteiger partial charge in [0.05, 0.1) is 6.61 Å².